The lowest BCUT2D eigenvalue weighted by Crippen LogP contribution is -2.29. The molecule has 1 unspecified atom stereocenters. The molecule has 0 bridgehead atoms. The van der Waals surface area contributed by atoms with Crippen molar-refractivity contribution in [2.24, 2.45) is 0 Å². The van der Waals surface area contributed by atoms with Crippen LogP contribution >= 0.6 is 0 Å². The quantitative estimate of drug-likeness (QED) is 0.651. The topological polar surface area (TPSA) is 49.3 Å². The lowest BCUT2D eigenvalue weighted by Gasteiger charge is -2.03. The van der Waals surface area contributed by atoms with Crippen LogP contribution in [0.15, 0.2) is 0 Å². The molecule has 4 heteroatoms. The van der Waals surface area contributed by atoms with Gasteiger partial charge in [0.05, 0.1) is 13.2 Å². The Hall–Kier alpha value is -0.640. The first-order valence-corrected chi connectivity index (χ1v) is 3.66. The molecule has 0 rings (SSSR count). The van der Waals surface area contributed by atoms with Crippen LogP contribution in [0.4, 0.5) is 4.39 Å². The maximum Gasteiger partial charge on any atom is 0.216 e. The summed E-state index contributed by atoms with van der Waals surface area (Å²) in [6.45, 7) is 4.65. The Morgan fingerprint density at radius 2 is 2.18 bits per heavy atom. The van der Waals surface area contributed by atoms with E-state index in [-0.39, 0.29) is 13.9 Å². The van der Waals surface area contributed by atoms with Gasteiger partial charge in [-0.1, -0.05) is 13.8 Å². The van der Waals surface area contributed by atoms with E-state index in [0.29, 0.717) is 0 Å². The fourth-order valence-electron chi connectivity index (χ4n) is 0.319. The van der Waals surface area contributed by atoms with E-state index in [1.807, 2.05) is 13.8 Å². The predicted molar refractivity (Wildman–Crippen MR) is 44.1 cm³/mol. The highest BCUT2D eigenvalue weighted by Crippen LogP contribution is 1.83. The maximum atomic E-state index is 12.0. The molecule has 2 N–H and O–H groups in total. The molecule has 0 radical (unpaired) electrons. The van der Waals surface area contributed by atoms with Crippen molar-refractivity contribution in [3.05, 3.63) is 0 Å². The zero-order valence-corrected chi connectivity index (χ0v) is 7.22. The number of carbonyl (C=O) groups is 1. The summed E-state index contributed by atoms with van der Waals surface area (Å²) in [5, 5.41) is 10.3. The number of hydrogen-bond acceptors (Lipinski definition) is 2. The van der Waals surface area contributed by atoms with Gasteiger partial charge in [0.1, 0.15) is 6.17 Å². The SMILES string of the molecule is CC.CC(=O)NCC(F)CO.[HH]. The third kappa shape index (κ3) is 12.5. The maximum absolute atomic E-state index is 12.0. The minimum absolute atomic E-state index is 0. The molecule has 0 fully saturated rings. The molecule has 0 aromatic rings. The van der Waals surface area contributed by atoms with Crippen molar-refractivity contribution in [1.29, 1.82) is 0 Å². The number of nitrogens with one attached hydrogen (secondary N) is 1. The number of aliphatic hydroxyl groups is 1. The van der Waals surface area contributed by atoms with Gasteiger partial charge in [-0.05, 0) is 0 Å². The van der Waals surface area contributed by atoms with E-state index in [0.717, 1.165) is 0 Å². The van der Waals surface area contributed by atoms with Gasteiger partial charge in [0.2, 0.25) is 5.91 Å². The van der Waals surface area contributed by atoms with Gasteiger partial charge in [-0.3, -0.25) is 4.79 Å². The minimum Gasteiger partial charge on any atom is -0.393 e. The zero-order valence-electron chi connectivity index (χ0n) is 7.22. The van der Waals surface area contributed by atoms with E-state index in [4.69, 9.17) is 5.11 Å². The van der Waals surface area contributed by atoms with Crippen molar-refractivity contribution in [2.45, 2.75) is 26.9 Å². The summed E-state index contributed by atoms with van der Waals surface area (Å²) < 4.78 is 12.0. The van der Waals surface area contributed by atoms with Crippen molar-refractivity contribution >= 4 is 5.91 Å². The molecule has 0 spiro atoms. The number of halogens is 1. The fourth-order valence-corrected chi connectivity index (χ4v) is 0.319. The highest BCUT2D eigenvalue weighted by atomic mass is 19.1. The van der Waals surface area contributed by atoms with Crippen LogP contribution in [0.5, 0.6) is 0 Å². The molecule has 70 valence electrons. The molecule has 3 nitrogen and oxygen atoms in total. The molecular formula is C7H18FNO2. The van der Waals surface area contributed by atoms with Crippen LogP contribution in [-0.4, -0.2) is 30.3 Å². The molecule has 1 amide bonds. The van der Waals surface area contributed by atoms with Gasteiger partial charge in [0.15, 0.2) is 0 Å². The Morgan fingerprint density at radius 1 is 1.73 bits per heavy atom. The Morgan fingerprint density at radius 3 is 2.45 bits per heavy atom. The third-order valence-electron chi connectivity index (χ3n) is 0.771. The van der Waals surface area contributed by atoms with Gasteiger partial charge in [0, 0.05) is 8.35 Å². The standard InChI is InChI=1S/C5H10FNO2.C2H6.H2/c1-4(9)7-2-5(6)3-8;1-2;/h5,8H,2-3H2,1H3,(H,7,9);1-2H3;1H. The number of aliphatic hydroxyl groups excluding tert-OH is 1. The zero-order chi connectivity index (χ0) is 9.28. The van der Waals surface area contributed by atoms with Gasteiger partial charge in [-0.2, -0.15) is 0 Å². The number of amides is 1. The molecule has 0 aromatic carbocycles. The van der Waals surface area contributed by atoms with Crippen LogP contribution in [-0.2, 0) is 4.79 Å². The molecule has 0 aromatic heterocycles. The Labute approximate surface area is 68.1 Å². The average Bonchev–Trinajstić information content (AvgIpc) is 2.04. The van der Waals surface area contributed by atoms with Crippen molar-refractivity contribution in [1.82, 2.24) is 5.32 Å². The van der Waals surface area contributed by atoms with Crippen molar-refractivity contribution in [2.75, 3.05) is 13.2 Å². The minimum atomic E-state index is -1.34. The normalized spacial score (nSPS) is 11.0. The molecule has 0 saturated carbocycles. The van der Waals surface area contributed by atoms with Gasteiger partial charge < -0.3 is 10.4 Å². The fraction of sp³-hybridized carbons (Fsp3) is 0.857. The highest BCUT2D eigenvalue weighted by molar-refractivity contribution is 5.72. The monoisotopic (exact) mass is 167 g/mol. The molecule has 0 aliphatic rings. The van der Waals surface area contributed by atoms with Crippen molar-refractivity contribution < 1.29 is 15.7 Å². The molecule has 11 heavy (non-hydrogen) atoms. The summed E-state index contributed by atoms with van der Waals surface area (Å²) in [6.07, 6.45) is -1.34. The van der Waals surface area contributed by atoms with Gasteiger partial charge in [-0.25, -0.2) is 4.39 Å². The van der Waals surface area contributed by atoms with Gasteiger partial charge in [-0.15, -0.1) is 0 Å². The van der Waals surface area contributed by atoms with Crippen LogP contribution in [0.1, 0.15) is 22.2 Å². The van der Waals surface area contributed by atoms with Crippen LogP contribution < -0.4 is 5.32 Å². The van der Waals surface area contributed by atoms with E-state index in [1.165, 1.54) is 6.92 Å². The smallest absolute Gasteiger partial charge is 0.216 e. The first kappa shape index (κ1) is 13.0. The van der Waals surface area contributed by atoms with E-state index in [9.17, 15) is 9.18 Å². The Kier molecular flexibility index (Phi) is 11.1. The molecule has 0 heterocycles. The largest absolute Gasteiger partial charge is 0.393 e. The van der Waals surface area contributed by atoms with Crippen LogP contribution in [0.2, 0.25) is 0 Å². The van der Waals surface area contributed by atoms with E-state index < -0.39 is 12.8 Å². The summed E-state index contributed by atoms with van der Waals surface area (Å²) in [6, 6.07) is 0. The Bertz CT molecular complexity index is 103. The Balaban J connectivity index is -0.000000249. The molecule has 0 aliphatic heterocycles. The van der Waals surface area contributed by atoms with Crippen LogP contribution in [0.3, 0.4) is 0 Å². The second-order valence-corrected chi connectivity index (χ2v) is 1.72. The lowest BCUT2D eigenvalue weighted by molar-refractivity contribution is -0.119. The first-order valence-electron chi connectivity index (χ1n) is 3.66. The third-order valence-corrected chi connectivity index (χ3v) is 0.771. The number of hydrogen-bond donors (Lipinski definition) is 2. The van der Waals surface area contributed by atoms with Gasteiger partial charge >= 0.3 is 0 Å². The molecular weight excluding hydrogens is 149 g/mol. The summed E-state index contributed by atoms with van der Waals surface area (Å²) in [5.41, 5.74) is 0. The van der Waals surface area contributed by atoms with E-state index >= 15 is 0 Å². The van der Waals surface area contributed by atoms with Crippen molar-refractivity contribution in [3.63, 3.8) is 0 Å². The highest BCUT2D eigenvalue weighted by Gasteiger charge is 2.02. The first-order chi connectivity index (χ1) is 5.16. The van der Waals surface area contributed by atoms with Crippen LogP contribution in [0, 0.1) is 0 Å². The summed E-state index contributed by atoms with van der Waals surface area (Å²) in [4.78, 5) is 10.1. The molecule has 0 saturated heterocycles. The number of rotatable bonds is 3. The summed E-state index contributed by atoms with van der Waals surface area (Å²) in [7, 11) is 0. The predicted octanol–water partition coefficient (Wildman–Crippen LogP) is 0.725. The number of alkyl halides is 1. The second kappa shape index (κ2) is 9.36. The molecule has 1 atom stereocenters. The molecule has 0 aliphatic carbocycles. The lowest BCUT2D eigenvalue weighted by atomic mass is 10.4. The van der Waals surface area contributed by atoms with Crippen molar-refractivity contribution in [3.8, 4) is 0 Å². The second-order valence-electron chi connectivity index (χ2n) is 1.72. The summed E-state index contributed by atoms with van der Waals surface area (Å²) >= 11 is 0. The van der Waals surface area contributed by atoms with Crippen LogP contribution in [0.25, 0.3) is 0 Å². The summed E-state index contributed by atoms with van der Waals surface area (Å²) in [5.74, 6) is -0.286. The van der Waals surface area contributed by atoms with E-state index in [1.54, 1.807) is 0 Å². The number of carbonyl (C=O) groups excluding carboxylic acids is 1. The van der Waals surface area contributed by atoms with E-state index in [2.05, 4.69) is 5.32 Å². The van der Waals surface area contributed by atoms with Gasteiger partial charge in [0.25, 0.3) is 0 Å². The average molecular weight is 167 g/mol.